The molecule has 1 aromatic heterocycles. The molecule has 0 aliphatic heterocycles. The first-order valence-electron chi connectivity index (χ1n) is 8.48. The summed E-state index contributed by atoms with van der Waals surface area (Å²) in [4.78, 5) is 12.2. The lowest BCUT2D eigenvalue weighted by atomic mass is 9.63. The maximum atomic E-state index is 13.2. The molecule has 0 bridgehead atoms. The van der Waals surface area contributed by atoms with Gasteiger partial charge in [0.1, 0.15) is 5.82 Å². The second-order valence-electron chi connectivity index (χ2n) is 6.91. The molecule has 1 saturated carbocycles. The van der Waals surface area contributed by atoms with Crippen molar-refractivity contribution in [2.24, 2.45) is 5.41 Å². The number of carboxylic acids is 1. The molecule has 2 N–H and O–H groups in total. The average molecular weight is 341 g/mol. The number of nitrogens with one attached hydrogen (secondary N) is 1. The van der Waals surface area contributed by atoms with E-state index < -0.39 is 11.4 Å². The van der Waals surface area contributed by atoms with Crippen LogP contribution in [0.1, 0.15) is 30.5 Å². The van der Waals surface area contributed by atoms with E-state index in [2.05, 4.69) is 10.4 Å². The topological polar surface area (TPSA) is 67.2 Å². The predicted molar refractivity (Wildman–Crippen MR) is 92.0 cm³/mol. The molecule has 6 heteroatoms. The molecular weight excluding hydrogens is 321 g/mol. The lowest BCUT2D eigenvalue weighted by molar-refractivity contribution is -0.148. The van der Waals surface area contributed by atoms with Gasteiger partial charge in [-0.15, -0.1) is 0 Å². The molecule has 25 heavy (non-hydrogen) atoms. The van der Waals surface area contributed by atoms with Gasteiger partial charge in [-0.05, 0) is 68.6 Å². The lowest BCUT2D eigenvalue weighted by Crippen LogP contribution is -2.46. The van der Waals surface area contributed by atoms with Crippen molar-refractivity contribution in [1.82, 2.24) is 15.1 Å². The van der Waals surface area contributed by atoms with Gasteiger partial charge >= 0.3 is 5.97 Å². The molecule has 1 aromatic carbocycles. The summed E-state index contributed by atoms with van der Waals surface area (Å²) in [6.45, 7) is 0. The van der Waals surface area contributed by atoms with Gasteiger partial charge in [-0.25, -0.2) is 9.07 Å². The number of carboxylic acid groups (broad SMARTS) is 1. The van der Waals surface area contributed by atoms with Gasteiger partial charge in [0.15, 0.2) is 0 Å². The number of fused-ring (bicyclic) bond motifs is 2. The van der Waals surface area contributed by atoms with Crippen LogP contribution in [0.5, 0.6) is 0 Å². The molecule has 0 spiro atoms. The van der Waals surface area contributed by atoms with Crippen LogP contribution in [0.3, 0.4) is 0 Å². The Labute approximate surface area is 145 Å². The fraction of sp³-hybridized carbons (Fsp3) is 0.368. The SMILES string of the molecule is CN[C@H]1CCC2=Cc3c(cnn3-c3ccc(F)cc3)C[C@]2(C(=O)O)C1. The molecule has 2 aliphatic rings. The van der Waals surface area contributed by atoms with Crippen molar-refractivity contribution in [2.75, 3.05) is 7.05 Å². The van der Waals surface area contributed by atoms with E-state index in [1.54, 1.807) is 23.0 Å². The summed E-state index contributed by atoms with van der Waals surface area (Å²) in [5.74, 6) is -1.06. The molecule has 130 valence electrons. The minimum absolute atomic E-state index is 0.210. The number of halogens is 1. The molecule has 0 saturated heterocycles. The van der Waals surface area contributed by atoms with E-state index >= 15 is 0 Å². The monoisotopic (exact) mass is 341 g/mol. The Morgan fingerprint density at radius 2 is 2.16 bits per heavy atom. The average Bonchev–Trinajstić information content (AvgIpc) is 3.02. The second-order valence-corrected chi connectivity index (χ2v) is 6.91. The van der Waals surface area contributed by atoms with Crippen molar-refractivity contribution in [2.45, 2.75) is 31.7 Å². The van der Waals surface area contributed by atoms with Gasteiger partial charge < -0.3 is 10.4 Å². The van der Waals surface area contributed by atoms with E-state index in [1.807, 2.05) is 13.1 Å². The first kappa shape index (κ1) is 16.0. The second kappa shape index (κ2) is 5.81. The first-order chi connectivity index (χ1) is 12.0. The number of carbonyl (C=O) groups is 1. The van der Waals surface area contributed by atoms with Gasteiger partial charge in [0.2, 0.25) is 0 Å². The minimum Gasteiger partial charge on any atom is -0.481 e. The Kier molecular flexibility index (Phi) is 3.72. The molecular formula is C19H20FN3O2. The van der Waals surface area contributed by atoms with Crippen LogP contribution in [0.2, 0.25) is 0 Å². The highest BCUT2D eigenvalue weighted by atomic mass is 19.1. The number of aliphatic carboxylic acids is 1. The first-order valence-corrected chi connectivity index (χ1v) is 8.48. The number of hydrogen-bond acceptors (Lipinski definition) is 3. The van der Waals surface area contributed by atoms with Crippen molar-refractivity contribution < 1.29 is 14.3 Å². The van der Waals surface area contributed by atoms with Crippen LogP contribution < -0.4 is 5.32 Å². The van der Waals surface area contributed by atoms with Gasteiger partial charge in [0.25, 0.3) is 0 Å². The molecule has 0 unspecified atom stereocenters. The van der Waals surface area contributed by atoms with E-state index in [0.717, 1.165) is 35.4 Å². The molecule has 2 atom stereocenters. The van der Waals surface area contributed by atoms with Crippen LogP contribution in [0.4, 0.5) is 4.39 Å². The number of aromatic nitrogens is 2. The zero-order chi connectivity index (χ0) is 17.6. The van der Waals surface area contributed by atoms with Crippen LogP contribution in [-0.2, 0) is 11.2 Å². The smallest absolute Gasteiger partial charge is 0.314 e. The number of benzene rings is 1. The summed E-state index contributed by atoms with van der Waals surface area (Å²) in [7, 11) is 1.88. The lowest BCUT2D eigenvalue weighted by Gasteiger charge is -2.42. The number of rotatable bonds is 3. The summed E-state index contributed by atoms with van der Waals surface area (Å²) in [5.41, 5.74) is 2.71. The van der Waals surface area contributed by atoms with E-state index in [1.165, 1.54) is 12.1 Å². The van der Waals surface area contributed by atoms with Crippen molar-refractivity contribution in [3.63, 3.8) is 0 Å². The summed E-state index contributed by atoms with van der Waals surface area (Å²) in [6.07, 6.45) is 6.44. The fourth-order valence-corrected chi connectivity index (χ4v) is 4.13. The van der Waals surface area contributed by atoms with E-state index in [-0.39, 0.29) is 11.9 Å². The Bertz CT molecular complexity index is 856. The molecule has 0 radical (unpaired) electrons. The van der Waals surface area contributed by atoms with E-state index in [9.17, 15) is 14.3 Å². The fourth-order valence-electron chi connectivity index (χ4n) is 4.13. The van der Waals surface area contributed by atoms with Gasteiger partial charge in [0.05, 0.1) is 23.0 Å². The van der Waals surface area contributed by atoms with Gasteiger partial charge in [-0.2, -0.15) is 5.10 Å². The third-order valence-electron chi connectivity index (χ3n) is 5.55. The van der Waals surface area contributed by atoms with Gasteiger partial charge in [-0.1, -0.05) is 5.57 Å². The summed E-state index contributed by atoms with van der Waals surface area (Å²) in [6, 6.07) is 6.37. The third-order valence-corrected chi connectivity index (χ3v) is 5.55. The van der Waals surface area contributed by atoms with Crippen LogP contribution in [-0.4, -0.2) is 33.9 Å². The van der Waals surface area contributed by atoms with Crippen LogP contribution >= 0.6 is 0 Å². The molecule has 5 nitrogen and oxygen atoms in total. The highest BCUT2D eigenvalue weighted by Gasteiger charge is 2.48. The van der Waals surface area contributed by atoms with Gasteiger partial charge in [0, 0.05) is 6.04 Å². The number of nitrogens with zero attached hydrogens (tertiary/aromatic N) is 2. The van der Waals surface area contributed by atoms with Crippen LogP contribution in [0, 0.1) is 11.2 Å². The molecule has 1 heterocycles. The summed E-state index contributed by atoms with van der Waals surface area (Å²) < 4.78 is 14.9. The molecule has 1 fully saturated rings. The Morgan fingerprint density at radius 1 is 1.40 bits per heavy atom. The quantitative estimate of drug-likeness (QED) is 0.901. The van der Waals surface area contributed by atoms with Crippen LogP contribution in [0.15, 0.2) is 36.0 Å². The van der Waals surface area contributed by atoms with Crippen LogP contribution in [0.25, 0.3) is 11.8 Å². The van der Waals surface area contributed by atoms with Crippen molar-refractivity contribution in [1.29, 1.82) is 0 Å². The highest BCUT2D eigenvalue weighted by Crippen LogP contribution is 2.48. The Morgan fingerprint density at radius 3 is 2.84 bits per heavy atom. The predicted octanol–water partition coefficient (Wildman–Crippen LogP) is 2.79. The standard InChI is InChI=1S/C19H20FN3O2/c1-21-15-5-2-13-8-17-12(9-19(13,10-15)18(24)25)11-22-23(17)16-6-3-14(20)4-7-16/h3-4,6-8,11,15,21H,2,5,9-10H2,1H3,(H,24,25)/t15-,19-/m0/s1. The van der Waals surface area contributed by atoms with E-state index in [4.69, 9.17) is 0 Å². The normalized spacial score (nSPS) is 25.0. The maximum Gasteiger partial charge on any atom is 0.314 e. The molecule has 4 rings (SSSR count). The largest absolute Gasteiger partial charge is 0.481 e. The highest BCUT2D eigenvalue weighted by molar-refractivity contribution is 5.83. The summed E-state index contributed by atoms with van der Waals surface area (Å²) >= 11 is 0. The molecule has 0 amide bonds. The van der Waals surface area contributed by atoms with E-state index in [0.29, 0.717) is 12.8 Å². The van der Waals surface area contributed by atoms with Gasteiger partial charge in [-0.3, -0.25) is 4.79 Å². The zero-order valence-corrected chi connectivity index (χ0v) is 14.0. The molecule has 2 aromatic rings. The Hall–Kier alpha value is -2.47. The summed E-state index contributed by atoms with van der Waals surface area (Å²) in [5, 5.41) is 17.6. The number of hydrogen-bond donors (Lipinski definition) is 2. The maximum absolute atomic E-state index is 13.2. The third kappa shape index (κ3) is 2.48. The Balaban J connectivity index is 1.79. The van der Waals surface area contributed by atoms with Crippen molar-refractivity contribution in [3.8, 4) is 5.69 Å². The molecule has 2 aliphatic carbocycles. The van der Waals surface area contributed by atoms with Crippen molar-refractivity contribution in [3.05, 3.63) is 53.1 Å². The minimum atomic E-state index is -0.852. The van der Waals surface area contributed by atoms with Crippen molar-refractivity contribution >= 4 is 12.0 Å². The zero-order valence-electron chi connectivity index (χ0n) is 14.0.